The molecule has 4 N–H and O–H groups in total. The van der Waals surface area contributed by atoms with E-state index in [0.717, 1.165) is 38.5 Å². The number of unbranched alkanes of at least 4 members (excludes halogenated alkanes) is 7. The predicted molar refractivity (Wildman–Crippen MR) is 265 cm³/mol. The van der Waals surface area contributed by atoms with E-state index in [4.69, 9.17) is 0 Å². The fourth-order valence-corrected chi connectivity index (χ4v) is 10.9. The van der Waals surface area contributed by atoms with Crippen LogP contribution in [0, 0.1) is 23.7 Å². The third-order valence-corrected chi connectivity index (χ3v) is 15.3. The highest BCUT2D eigenvalue weighted by molar-refractivity contribution is 6.00. The Bertz CT molecular complexity index is 2360. The summed E-state index contributed by atoms with van der Waals surface area (Å²) in [6.45, 7) is 3.13. The van der Waals surface area contributed by atoms with Gasteiger partial charge in [0.25, 0.3) is 11.8 Å². The number of carbonyl (C=O) groups excluding carboxylic acids is 6. The lowest BCUT2D eigenvalue weighted by Crippen LogP contribution is -2.43. The van der Waals surface area contributed by atoms with Gasteiger partial charge in [0.05, 0.1) is 23.7 Å². The third kappa shape index (κ3) is 11.8. The van der Waals surface area contributed by atoms with Crippen LogP contribution in [0.1, 0.15) is 133 Å². The number of carbonyl (C=O) groups is 6. The first-order chi connectivity index (χ1) is 33.7. The SMILES string of the molecule is CCCCCCCCCCNC(=O)[C@@H]1CN(C(=O)c2ccc(C(=O)N3C[C@@H](C(=O)N[C@H]4C[C@@H]4c4ccccc4)[C@H](C(=O)N[C@@H]4C[C@H]4c4ccccc4)C3)cc2)C[C@H]1C(=O)N[C@H]1C[C@@H]1c1ccccc1. The molecule has 69 heavy (non-hydrogen) atoms. The van der Waals surface area contributed by atoms with Crippen molar-refractivity contribution in [1.29, 1.82) is 0 Å². The van der Waals surface area contributed by atoms with Crippen molar-refractivity contribution in [2.75, 3.05) is 32.7 Å². The normalized spacial score (nSPS) is 26.4. The fraction of sp³-hybridized carbons (Fsp3) is 0.474. The van der Waals surface area contributed by atoms with Gasteiger partial charge in [0.15, 0.2) is 0 Å². The molecule has 4 aromatic rings. The molecule has 3 saturated carbocycles. The molecule has 0 aromatic heterocycles. The van der Waals surface area contributed by atoms with E-state index < -0.39 is 23.7 Å². The maximum atomic E-state index is 14.2. The summed E-state index contributed by atoms with van der Waals surface area (Å²) in [5.74, 6) is -3.73. The van der Waals surface area contributed by atoms with Crippen LogP contribution in [0.3, 0.4) is 0 Å². The Morgan fingerprint density at radius 1 is 0.420 bits per heavy atom. The molecule has 2 heterocycles. The van der Waals surface area contributed by atoms with Gasteiger partial charge in [0.1, 0.15) is 0 Å². The second-order valence-corrected chi connectivity index (χ2v) is 20.3. The van der Waals surface area contributed by atoms with E-state index in [1.54, 1.807) is 34.1 Å². The predicted octanol–water partition coefficient (Wildman–Crippen LogP) is 7.34. The van der Waals surface area contributed by atoms with Crippen molar-refractivity contribution in [1.82, 2.24) is 31.1 Å². The van der Waals surface area contributed by atoms with Crippen molar-refractivity contribution in [2.45, 2.75) is 113 Å². The Balaban J connectivity index is 0.831. The van der Waals surface area contributed by atoms with Crippen LogP contribution in [0.15, 0.2) is 115 Å². The molecular weight excluding hydrogens is 865 g/mol. The van der Waals surface area contributed by atoms with Crippen LogP contribution in [0.5, 0.6) is 0 Å². The topological polar surface area (TPSA) is 157 Å². The summed E-state index contributed by atoms with van der Waals surface area (Å²) >= 11 is 0. The number of hydrogen-bond acceptors (Lipinski definition) is 6. The van der Waals surface area contributed by atoms with E-state index in [-0.39, 0.29) is 97.5 Å². The van der Waals surface area contributed by atoms with Crippen molar-refractivity contribution >= 4 is 35.4 Å². The zero-order valence-corrected chi connectivity index (χ0v) is 39.9. The van der Waals surface area contributed by atoms with E-state index in [1.165, 1.54) is 48.8 Å². The molecule has 2 aliphatic heterocycles. The quantitative estimate of drug-likeness (QED) is 0.0642. The Hall–Kier alpha value is -6.30. The van der Waals surface area contributed by atoms with E-state index in [9.17, 15) is 28.8 Å². The number of amides is 6. The highest BCUT2D eigenvalue weighted by Gasteiger charge is 2.50. The van der Waals surface area contributed by atoms with Crippen LogP contribution < -0.4 is 21.3 Å². The minimum Gasteiger partial charge on any atom is -0.356 e. The molecule has 6 amide bonds. The van der Waals surface area contributed by atoms with Crippen LogP contribution >= 0.6 is 0 Å². The van der Waals surface area contributed by atoms with Gasteiger partial charge in [-0.1, -0.05) is 143 Å². The summed E-state index contributed by atoms with van der Waals surface area (Å²) in [5.41, 5.74) is 4.17. The van der Waals surface area contributed by atoms with E-state index in [2.05, 4.69) is 64.6 Å². The smallest absolute Gasteiger partial charge is 0.253 e. The van der Waals surface area contributed by atoms with Crippen LogP contribution in [0.4, 0.5) is 0 Å². The molecule has 4 aromatic carbocycles. The van der Waals surface area contributed by atoms with Crippen LogP contribution in [0.25, 0.3) is 0 Å². The first-order valence-corrected chi connectivity index (χ1v) is 25.7. The van der Waals surface area contributed by atoms with Crippen molar-refractivity contribution in [3.05, 3.63) is 143 Å². The van der Waals surface area contributed by atoms with Gasteiger partial charge < -0.3 is 31.1 Å². The monoisotopic (exact) mass is 933 g/mol. The minimum atomic E-state index is -0.726. The zero-order chi connectivity index (χ0) is 47.9. The van der Waals surface area contributed by atoms with Gasteiger partial charge in [-0.2, -0.15) is 0 Å². The maximum Gasteiger partial charge on any atom is 0.253 e. The molecule has 12 nitrogen and oxygen atoms in total. The van der Waals surface area contributed by atoms with Gasteiger partial charge in [-0.05, 0) is 66.6 Å². The summed E-state index contributed by atoms with van der Waals surface area (Å²) in [6.07, 6.45) is 11.7. The summed E-state index contributed by atoms with van der Waals surface area (Å²) < 4.78 is 0. The lowest BCUT2D eigenvalue weighted by molar-refractivity contribution is -0.133. The maximum absolute atomic E-state index is 14.2. The van der Waals surface area contributed by atoms with Crippen molar-refractivity contribution in [3.8, 4) is 0 Å². The molecular formula is C57H68N6O6. The molecule has 10 atom stereocenters. The number of rotatable bonds is 21. The zero-order valence-electron chi connectivity index (χ0n) is 39.9. The van der Waals surface area contributed by atoms with E-state index in [1.807, 2.05) is 54.6 Å². The average molecular weight is 933 g/mol. The second kappa shape index (κ2) is 22.0. The number of hydrogen-bond donors (Lipinski definition) is 4. The van der Waals surface area contributed by atoms with Crippen LogP contribution in [-0.2, 0) is 19.2 Å². The first-order valence-electron chi connectivity index (χ1n) is 25.7. The van der Waals surface area contributed by atoms with Gasteiger partial charge in [0, 0.05) is 79.7 Å². The minimum absolute atomic E-state index is 0.0175. The van der Waals surface area contributed by atoms with Crippen LogP contribution in [-0.4, -0.2) is 96.1 Å². The molecule has 5 fully saturated rings. The van der Waals surface area contributed by atoms with Gasteiger partial charge in [-0.15, -0.1) is 0 Å². The van der Waals surface area contributed by atoms with Gasteiger partial charge >= 0.3 is 0 Å². The number of benzene rings is 4. The molecule has 362 valence electrons. The van der Waals surface area contributed by atoms with E-state index >= 15 is 0 Å². The lowest BCUT2D eigenvalue weighted by atomic mass is 9.94. The average Bonchev–Trinajstić information content (AvgIpc) is 4.35. The highest BCUT2D eigenvalue weighted by Crippen LogP contribution is 2.43. The van der Waals surface area contributed by atoms with Gasteiger partial charge in [-0.25, -0.2) is 0 Å². The third-order valence-electron chi connectivity index (χ3n) is 15.3. The number of nitrogens with one attached hydrogen (secondary N) is 4. The standard InChI is InChI=1S/C57H68N6O6/c1-2-3-4-5-6-7-8-18-29-58-52(64)45-33-62(34-46(45)53(65)59-49-30-42(49)37-19-12-9-13-20-37)56(68)40-25-27-41(28-26-40)57(69)63-35-47(54(66)60-50-31-43(50)38-21-14-10-15-22-38)48(36-63)55(67)61-51-32-44(51)39-23-16-11-17-24-39/h9-17,19-28,42-51H,2-8,18,29-36H2,1H3,(H,58,64)(H,59,65)(H,60,66)(H,61,67)/t42-,43-,44+,45-,46-,47-,48-,49+,50+,51-/m1/s1. The summed E-state index contributed by atoms with van der Waals surface area (Å²) in [5, 5.41) is 12.7. The highest BCUT2D eigenvalue weighted by atomic mass is 16.2. The van der Waals surface area contributed by atoms with Gasteiger partial charge in [-0.3, -0.25) is 28.8 Å². The Morgan fingerprint density at radius 2 is 0.739 bits per heavy atom. The van der Waals surface area contributed by atoms with Gasteiger partial charge in [0.2, 0.25) is 23.6 Å². The summed E-state index contributed by atoms with van der Waals surface area (Å²) in [4.78, 5) is 87.2. The Labute approximate surface area is 406 Å². The Morgan fingerprint density at radius 3 is 1.09 bits per heavy atom. The molecule has 0 bridgehead atoms. The first kappa shape index (κ1) is 47.8. The van der Waals surface area contributed by atoms with E-state index in [0.29, 0.717) is 17.7 Å². The molecule has 12 heteroatoms. The molecule has 0 spiro atoms. The van der Waals surface area contributed by atoms with Crippen molar-refractivity contribution in [3.63, 3.8) is 0 Å². The largest absolute Gasteiger partial charge is 0.356 e. The lowest BCUT2D eigenvalue weighted by Gasteiger charge is -2.18. The number of likely N-dealkylation sites (tertiary alicyclic amines) is 2. The molecule has 0 radical (unpaired) electrons. The molecule has 5 aliphatic rings. The summed E-state index contributed by atoms with van der Waals surface area (Å²) in [7, 11) is 0. The molecule has 9 rings (SSSR count). The van der Waals surface area contributed by atoms with Crippen LogP contribution in [0.2, 0.25) is 0 Å². The summed E-state index contributed by atoms with van der Waals surface area (Å²) in [6, 6.07) is 36.6. The Kier molecular flexibility index (Phi) is 15.2. The molecule has 0 unspecified atom stereocenters. The van der Waals surface area contributed by atoms with Crippen molar-refractivity contribution < 1.29 is 28.8 Å². The van der Waals surface area contributed by atoms with Crippen molar-refractivity contribution in [2.24, 2.45) is 23.7 Å². The molecule has 2 saturated heterocycles. The fourth-order valence-electron chi connectivity index (χ4n) is 10.9. The molecule has 3 aliphatic carbocycles. The second-order valence-electron chi connectivity index (χ2n) is 20.3. The number of nitrogens with zero attached hydrogens (tertiary/aromatic N) is 2.